The van der Waals surface area contributed by atoms with Crippen LogP contribution in [0.15, 0.2) is 12.7 Å². The summed E-state index contributed by atoms with van der Waals surface area (Å²) in [5, 5.41) is 3.30. The van der Waals surface area contributed by atoms with Gasteiger partial charge >= 0.3 is 0 Å². The van der Waals surface area contributed by atoms with E-state index in [-0.39, 0.29) is 5.54 Å². The smallest absolute Gasteiger partial charge is 0.0249 e. The Morgan fingerprint density at radius 2 is 2.08 bits per heavy atom. The summed E-state index contributed by atoms with van der Waals surface area (Å²) in [4.78, 5) is 2.36. The molecule has 0 saturated heterocycles. The van der Waals surface area contributed by atoms with Gasteiger partial charge in [-0.25, -0.2) is 0 Å². The highest BCUT2D eigenvalue weighted by molar-refractivity contribution is 4.79. The minimum Gasteiger partial charge on any atom is -0.314 e. The van der Waals surface area contributed by atoms with Crippen LogP contribution in [0, 0.1) is 0 Å². The van der Waals surface area contributed by atoms with Crippen LogP contribution in [0.1, 0.15) is 26.7 Å². The lowest BCUT2D eigenvalue weighted by Gasteiger charge is -2.29. The molecule has 0 aliphatic carbocycles. The van der Waals surface area contributed by atoms with Gasteiger partial charge in [-0.2, -0.15) is 0 Å². The van der Waals surface area contributed by atoms with Crippen LogP contribution >= 0.6 is 0 Å². The quantitative estimate of drug-likeness (QED) is 0.480. The summed E-state index contributed by atoms with van der Waals surface area (Å²) in [6.07, 6.45) is 4.31. The molecule has 0 spiro atoms. The maximum absolute atomic E-state index is 3.72. The van der Waals surface area contributed by atoms with Crippen LogP contribution in [0.25, 0.3) is 0 Å². The van der Waals surface area contributed by atoms with E-state index >= 15 is 0 Å². The average molecular weight is 184 g/mol. The predicted octanol–water partition coefficient (Wildman–Crippen LogP) is 1.88. The van der Waals surface area contributed by atoms with Gasteiger partial charge in [-0.15, -0.1) is 6.58 Å². The van der Waals surface area contributed by atoms with Crippen LogP contribution in [0.5, 0.6) is 0 Å². The molecule has 0 bridgehead atoms. The van der Waals surface area contributed by atoms with Gasteiger partial charge in [-0.05, 0) is 47.3 Å². The van der Waals surface area contributed by atoms with E-state index in [1.165, 1.54) is 6.42 Å². The molecular weight excluding hydrogens is 160 g/mol. The van der Waals surface area contributed by atoms with Crippen molar-refractivity contribution in [2.24, 2.45) is 0 Å². The molecule has 0 atom stereocenters. The second-order valence-electron chi connectivity index (χ2n) is 4.30. The van der Waals surface area contributed by atoms with Gasteiger partial charge in [0.1, 0.15) is 0 Å². The normalized spacial score (nSPS) is 12.1. The lowest BCUT2D eigenvalue weighted by Crippen LogP contribution is -2.46. The molecule has 0 unspecified atom stereocenters. The van der Waals surface area contributed by atoms with Crippen molar-refractivity contribution >= 4 is 0 Å². The van der Waals surface area contributed by atoms with Gasteiger partial charge in [0.25, 0.3) is 0 Å². The zero-order chi connectivity index (χ0) is 10.3. The highest BCUT2D eigenvalue weighted by Gasteiger charge is 2.16. The molecule has 0 rings (SSSR count). The molecule has 78 valence electrons. The Hall–Kier alpha value is -0.340. The summed E-state index contributed by atoms with van der Waals surface area (Å²) < 4.78 is 0. The monoisotopic (exact) mass is 184 g/mol. The summed E-state index contributed by atoms with van der Waals surface area (Å²) in [6, 6.07) is 0. The molecule has 13 heavy (non-hydrogen) atoms. The third kappa shape index (κ3) is 6.79. The van der Waals surface area contributed by atoms with Crippen molar-refractivity contribution < 1.29 is 0 Å². The van der Waals surface area contributed by atoms with Crippen molar-refractivity contribution in [1.29, 1.82) is 0 Å². The number of nitrogens with one attached hydrogen (secondary N) is 1. The Morgan fingerprint density at radius 1 is 1.46 bits per heavy atom. The van der Waals surface area contributed by atoms with Crippen molar-refractivity contribution in [3.63, 3.8) is 0 Å². The summed E-state index contributed by atoms with van der Waals surface area (Å²) >= 11 is 0. The molecule has 0 aliphatic rings. The molecule has 0 aromatic rings. The predicted molar refractivity (Wildman–Crippen MR) is 60.1 cm³/mol. The zero-order valence-electron chi connectivity index (χ0n) is 9.56. The molecule has 0 aromatic heterocycles. The molecule has 2 nitrogen and oxygen atoms in total. The molecule has 0 amide bonds. The van der Waals surface area contributed by atoms with Crippen molar-refractivity contribution in [2.45, 2.75) is 32.2 Å². The number of hydrogen-bond acceptors (Lipinski definition) is 2. The topological polar surface area (TPSA) is 15.3 Å². The lowest BCUT2D eigenvalue weighted by atomic mass is 10.1. The Bertz CT molecular complexity index is 141. The second kappa shape index (κ2) is 6.17. The minimum absolute atomic E-state index is 0.211. The molecule has 0 fully saturated rings. The van der Waals surface area contributed by atoms with Gasteiger partial charge < -0.3 is 10.2 Å². The van der Waals surface area contributed by atoms with Crippen LogP contribution in [0.2, 0.25) is 0 Å². The van der Waals surface area contributed by atoms with E-state index in [9.17, 15) is 0 Å². The fraction of sp³-hybridized carbons (Fsp3) is 0.818. The standard InChI is InChI=1S/C11H24N2/c1-6-7-8-9-13(5)10-11(2,3)12-4/h6,12H,1,7-10H2,2-5H3. The maximum atomic E-state index is 3.72. The molecule has 1 N–H and O–H groups in total. The first kappa shape index (κ1) is 12.7. The van der Waals surface area contributed by atoms with E-state index in [1.807, 2.05) is 13.1 Å². The van der Waals surface area contributed by atoms with E-state index < -0.39 is 0 Å². The maximum Gasteiger partial charge on any atom is 0.0249 e. The number of unbranched alkanes of at least 4 members (excludes halogenated alkanes) is 1. The lowest BCUT2D eigenvalue weighted by molar-refractivity contribution is 0.243. The Balaban J connectivity index is 3.60. The SMILES string of the molecule is C=CCCCN(C)CC(C)(C)NC. The number of nitrogens with zero attached hydrogens (tertiary/aromatic N) is 1. The Labute approximate surface area is 83.0 Å². The highest BCUT2D eigenvalue weighted by Crippen LogP contribution is 2.04. The fourth-order valence-electron chi connectivity index (χ4n) is 1.34. The van der Waals surface area contributed by atoms with Crippen LogP contribution in [-0.4, -0.2) is 37.6 Å². The zero-order valence-corrected chi connectivity index (χ0v) is 9.56. The van der Waals surface area contributed by atoms with Crippen molar-refractivity contribution in [1.82, 2.24) is 10.2 Å². The first-order valence-corrected chi connectivity index (χ1v) is 5.00. The number of likely N-dealkylation sites (N-methyl/N-ethyl adjacent to an activating group) is 2. The molecule has 2 heteroatoms. The summed E-state index contributed by atoms with van der Waals surface area (Å²) in [7, 11) is 4.18. The number of hydrogen-bond donors (Lipinski definition) is 1. The van der Waals surface area contributed by atoms with E-state index in [4.69, 9.17) is 0 Å². The van der Waals surface area contributed by atoms with Crippen LogP contribution in [0.4, 0.5) is 0 Å². The van der Waals surface area contributed by atoms with Crippen LogP contribution in [0.3, 0.4) is 0 Å². The molecular formula is C11H24N2. The largest absolute Gasteiger partial charge is 0.314 e. The Morgan fingerprint density at radius 3 is 2.54 bits per heavy atom. The number of rotatable bonds is 7. The Kier molecular flexibility index (Phi) is 6.00. The summed E-state index contributed by atoms with van der Waals surface area (Å²) in [5.41, 5.74) is 0.211. The average Bonchev–Trinajstić information content (AvgIpc) is 2.04. The van der Waals surface area contributed by atoms with E-state index in [1.54, 1.807) is 0 Å². The third-order valence-electron chi connectivity index (χ3n) is 2.29. The van der Waals surface area contributed by atoms with Gasteiger partial charge in [-0.3, -0.25) is 0 Å². The van der Waals surface area contributed by atoms with Crippen molar-refractivity contribution in [3.05, 3.63) is 12.7 Å². The van der Waals surface area contributed by atoms with Crippen LogP contribution < -0.4 is 5.32 Å². The molecule has 0 aliphatic heterocycles. The second-order valence-corrected chi connectivity index (χ2v) is 4.30. The van der Waals surface area contributed by atoms with E-state index in [0.29, 0.717) is 0 Å². The molecule has 0 heterocycles. The van der Waals surface area contributed by atoms with Gasteiger partial charge in [0, 0.05) is 12.1 Å². The van der Waals surface area contributed by atoms with Crippen molar-refractivity contribution in [2.75, 3.05) is 27.2 Å². The van der Waals surface area contributed by atoms with Gasteiger partial charge in [0.05, 0.1) is 0 Å². The first-order valence-electron chi connectivity index (χ1n) is 5.00. The fourth-order valence-corrected chi connectivity index (χ4v) is 1.34. The molecule has 0 radical (unpaired) electrons. The van der Waals surface area contributed by atoms with Gasteiger partial charge in [-0.1, -0.05) is 6.08 Å². The van der Waals surface area contributed by atoms with Gasteiger partial charge in [0.2, 0.25) is 0 Å². The van der Waals surface area contributed by atoms with Crippen molar-refractivity contribution in [3.8, 4) is 0 Å². The third-order valence-corrected chi connectivity index (χ3v) is 2.29. The highest BCUT2D eigenvalue weighted by atomic mass is 15.1. The van der Waals surface area contributed by atoms with E-state index in [0.717, 1.165) is 19.5 Å². The molecule has 0 aromatic carbocycles. The first-order chi connectivity index (χ1) is 6.02. The number of allylic oxidation sites excluding steroid dienone is 1. The summed E-state index contributed by atoms with van der Waals surface area (Å²) in [5.74, 6) is 0. The molecule has 0 saturated carbocycles. The summed E-state index contributed by atoms with van der Waals surface area (Å²) in [6.45, 7) is 10.4. The minimum atomic E-state index is 0.211. The van der Waals surface area contributed by atoms with Crippen LogP contribution in [-0.2, 0) is 0 Å². The van der Waals surface area contributed by atoms with Gasteiger partial charge in [0.15, 0.2) is 0 Å². The van der Waals surface area contributed by atoms with E-state index in [2.05, 4.69) is 37.7 Å².